The second-order valence-electron chi connectivity index (χ2n) is 6.27. The van der Waals surface area contributed by atoms with Gasteiger partial charge in [-0.1, -0.05) is 0 Å². The Bertz CT molecular complexity index is 839. The standard InChI is InChI=1S/C22H25NO5/c1-25-20-11-7-17(21(26-2)22(20)27-3)6-10-19(24)16-4-8-18(9-5-16)23-12-14-28-15-13-23/h4-11H,12-15H2,1-3H3. The second-order valence-corrected chi connectivity index (χ2v) is 6.27. The minimum Gasteiger partial charge on any atom is -0.493 e. The van der Waals surface area contributed by atoms with Gasteiger partial charge in [-0.05, 0) is 48.6 Å². The van der Waals surface area contributed by atoms with Gasteiger partial charge >= 0.3 is 0 Å². The van der Waals surface area contributed by atoms with Crippen molar-refractivity contribution in [3.8, 4) is 17.2 Å². The summed E-state index contributed by atoms with van der Waals surface area (Å²) in [5.41, 5.74) is 2.47. The fraction of sp³-hybridized carbons (Fsp3) is 0.318. The van der Waals surface area contributed by atoms with Gasteiger partial charge in [0.15, 0.2) is 17.3 Å². The smallest absolute Gasteiger partial charge is 0.203 e. The van der Waals surface area contributed by atoms with Crippen molar-refractivity contribution in [2.45, 2.75) is 0 Å². The number of allylic oxidation sites excluding steroid dienone is 1. The molecule has 0 saturated carbocycles. The lowest BCUT2D eigenvalue weighted by atomic mass is 10.1. The SMILES string of the molecule is COc1ccc(C=CC(=O)c2ccc(N3CCOCC3)cc2)c(OC)c1OC. The highest BCUT2D eigenvalue weighted by molar-refractivity contribution is 6.07. The number of nitrogens with zero attached hydrogens (tertiary/aromatic N) is 1. The first-order valence-electron chi connectivity index (χ1n) is 9.12. The predicted molar refractivity (Wildman–Crippen MR) is 109 cm³/mol. The van der Waals surface area contributed by atoms with E-state index < -0.39 is 0 Å². The van der Waals surface area contributed by atoms with Crippen LogP contribution in [0.25, 0.3) is 6.08 Å². The third-order valence-corrected chi connectivity index (χ3v) is 4.68. The molecule has 1 saturated heterocycles. The molecule has 0 unspecified atom stereocenters. The average Bonchev–Trinajstić information content (AvgIpc) is 2.77. The first-order chi connectivity index (χ1) is 13.7. The van der Waals surface area contributed by atoms with Gasteiger partial charge in [-0.25, -0.2) is 0 Å². The maximum Gasteiger partial charge on any atom is 0.203 e. The van der Waals surface area contributed by atoms with E-state index in [1.165, 1.54) is 6.08 Å². The fourth-order valence-corrected chi connectivity index (χ4v) is 3.18. The molecular weight excluding hydrogens is 358 g/mol. The normalized spacial score (nSPS) is 14.2. The van der Waals surface area contributed by atoms with Crippen LogP contribution in [0.15, 0.2) is 42.5 Å². The molecule has 0 atom stereocenters. The van der Waals surface area contributed by atoms with Gasteiger partial charge in [0.2, 0.25) is 5.75 Å². The highest BCUT2D eigenvalue weighted by atomic mass is 16.5. The molecular formula is C22H25NO5. The molecule has 6 nitrogen and oxygen atoms in total. The Hall–Kier alpha value is -2.99. The first kappa shape index (κ1) is 19.8. The molecule has 0 radical (unpaired) electrons. The lowest BCUT2D eigenvalue weighted by Crippen LogP contribution is -2.36. The number of methoxy groups -OCH3 is 3. The zero-order valence-electron chi connectivity index (χ0n) is 16.4. The van der Waals surface area contributed by atoms with Gasteiger partial charge in [0.25, 0.3) is 0 Å². The number of rotatable bonds is 7. The summed E-state index contributed by atoms with van der Waals surface area (Å²) in [6.45, 7) is 3.20. The van der Waals surface area contributed by atoms with Crippen molar-refractivity contribution >= 4 is 17.5 Å². The monoisotopic (exact) mass is 383 g/mol. The van der Waals surface area contributed by atoms with Crippen LogP contribution >= 0.6 is 0 Å². The van der Waals surface area contributed by atoms with Crippen LogP contribution < -0.4 is 19.1 Å². The van der Waals surface area contributed by atoms with Crippen molar-refractivity contribution in [1.82, 2.24) is 0 Å². The van der Waals surface area contributed by atoms with E-state index in [0.29, 0.717) is 22.8 Å². The van der Waals surface area contributed by atoms with E-state index in [0.717, 1.165) is 37.6 Å². The van der Waals surface area contributed by atoms with E-state index in [9.17, 15) is 4.79 Å². The van der Waals surface area contributed by atoms with E-state index in [2.05, 4.69) is 4.90 Å². The Morgan fingerprint density at radius 2 is 1.61 bits per heavy atom. The van der Waals surface area contributed by atoms with Gasteiger partial charge in [0, 0.05) is 29.9 Å². The number of ether oxygens (including phenoxy) is 4. The number of morpholine rings is 1. The molecule has 6 heteroatoms. The number of carbonyl (C=O) groups is 1. The summed E-state index contributed by atoms with van der Waals surface area (Å²) < 4.78 is 21.5. The van der Waals surface area contributed by atoms with Gasteiger partial charge < -0.3 is 23.8 Å². The summed E-state index contributed by atoms with van der Waals surface area (Å²) in [6, 6.07) is 11.3. The van der Waals surface area contributed by atoms with Crippen LogP contribution in [0.5, 0.6) is 17.2 Å². The number of anilines is 1. The molecule has 0 bridgehead atoms. The van der Waals surface area contributed by atoms with Gasteiger partial charge in [0.05, 0.1) is 34.5 Å². The van der Waals surface area contributed by atoms with Crippen molar-refractivity contribution in [3.63, 3.8) is 0 Å². The topological polar surface area (TPSA) is 57.2 Å². The predicted octanol–water partition coefficient (Wildman–Crippen LogP) is 3.45. The average molecular weight is 383 g/mol. The highest BCUT2D eigenvalue weighted by Gasteiger charge is 2.15. The zero-order valence-corrected chi connectivity index (χ0v) is 16.4. The first-order valence-corrected chi connectivity index (χ1v) is 9.12. The van der Waals surface area contributed by atoms with Crippen LogP contribution in [0.3, 0.4) is 0 Å². The minimum atomic E-state index is -0.0784. The Morgan fingerprint density at radius 1 is 0.929 bits per heavy atom. The number of benzene rings is 2. The van der Waals surface area contributed by atoms with Crippen LogP contribution in [0.1, 0.15) is 15.9 Å². The summed E-state index contributed by atoms with van der Waals surface area (Å²) >= 11 is 0. The number of ketones is 1. The number of hydrogen-bond donors (Lipinski definition) is 0. The molecule has 28 heavy (non-hydrogen) atoms. The van der Waals surface area contributed by atoms with E-state index in [1.807, 2.05) is 30.3 Å². The molecule has 1 aliphatic heterocycles. The third kappa shape index (κ3) is 4.28. The number of carbonyl (C=O) groups excluding carboxylic acids is 1. The molecule has 148 valence electrons. The quantitative estimate of drug-likeness (QED) is 0.539. The molecule has 1 heterocycles. The molecule has 0 spiro atoms. The third-order valence-electron chi connectivity index (χ3n) is 4.68. The lowest BCUT2D eigenvalue weighted by Gasteiger charge is -2.28. The number of hydrogen-bond acceptors (Lipinski definition) is 6. The molecule has 3 rings (SSSR count). The second kappa shape index (κ2) is 9.28. The van der Waals surface area contributed by atoms with Crippen molar-refractivity contribution in [2.75, 3.05) is 52.5 Å². The fourth-order valence-electron chi connectivity index (χ4n) is 3.18. The molecule has 2 aromatic rings. The van der Waals surface area contributed by atoms with Crippen molar-refractivity contribution in [2.24, 2.45) is 0 Å². The Labute approximate surface area is 165 Å². The van der Waals surface area contributed by atoms with Crippen LogP contribution in [0.2, 0.25) is 0 Å². The lowest BCUT2D eigenvalue weighted by molar-refractivity contribution is 0.104. The Morgan fingerprint density at radius 3 is 2.21 bits per heavy atom. The van der Waals surface area contributed by atoms with Gasteiger partial charge in [0.1, 0.15) is 0 Å². The van der Waals surface area contributed by atoms with Crippen molar-refractivity contribution < 1.29 is 23.7 Å². The molecule has 2 aromatic carbocycles. The van der Waals surface area contributed by atoms with E-state index >= 15 is 0 Å². The summed E-state index contributed by atoms with van der Waals surface area (Å²) in [5, 5.41) is 0. The molecule has 0 amide bonds. The molecule has 0 N–H and O–H groups in total. The molecule has 1 fully saturated rings. The summed E-state index contributed by atoms with van der Waals surface area (Å²) in [7, 11) is 4.67. The largest absolute Gasteiger partial charge is 0.493 e. The maximum absolute atomic E-state index is 12.6. The van der Waals surface area contributed by atoms with Crippen LogP contribution in [0, 0.1) is 0 Å². The van der Waals surface area contributed by atoms with Crippen LogP contribution in [-0.4, -0.2) is 53.4 Å². The van der Waals surface area contributed by atoms with E-state index in [1.54, 1.807) is 33.5 Å². The van der Waals surface area contributed by atoms with Gasteiger partial charge in [-0.2, -0.15) is 0 Å². The van der Waals surface area contributed by atoms with Gasteiger partial charge in [-0.15, -0.1) is 0 Å². The summed E-state index contributed by atoms with van der Waals surface area (Å²) in [4.78, 5) is 14.8. The molecule has 1 aliphatic rings. The van der Waals surface area contributed by atoms with E-state index in [4.69, 9.17) is 18.9 Å². The van der Waals surface area contributed by atoms with Crippen LogP contribution in [0.4, 0.5) is 5.69 Å². The summed E-state index contributed by atoms with van der Waals surface area (Å²) in [6.07, 6.45) is 3.26. The highest BCUT2D eigenvalue weighted by Crippen LogP contribution is 2.40. The van der Waals surface area contributed by atoms with Crippen molar-refractivity contribution in [1.29, 1.82) is 0 Å². The summed E-state index contributed by atoms with van der Waals surface area (Å²) in [5.74, 6) is 1.51. The van der Waals surface area contributed by atoms with Gasteiger partial charge in [-0.3, -0.25) is 4.79 Å². The van der Waals surface area contributed by atoms with Crippen molar-refractivity contribution in [3.05, 3.63) is 53.6 Å². The molecule has 0 aliphatic carbocycles. The Kier molecular flexibility index (Phi) is 6.55. The maximum atomic E-state index is 12.6. The van der Waals surface area contributed by atoms with E-state index in [-0.39, 0.29) is 5.78 Å². The minimum absolute atomic E-state index is 0.0784. The van der Waals surface area contributed by atoms with Crippen LogP contribution in [-0.2, 0) is 4.74 Å². The zero-order chi connectivity index (χ0) is 19.9. The molecule has 0 aromatic heterocycles. The Balaban J connectivity index is 1.76.